The SMILES string of the molecule is Cc1cccc([N+](=O)[O-])c1NC(=O)COC(=O)[C@H]1CS[C@@]2(C)CCC(=O)N12. The van der Waals surface area contributed by atoms with Gasteiger partial charge in [0.1, 0.15) is 11.7 Å². The average Bonchev–Trinajstić information content (AvgIpc) is 3.10. The number of nitrogens with one attached hydrogen (secondary N) is 1. The maximum Gasteiger partial charge on any atom is 0.330 e. The third-order valence-corrected chi connectivity index (χ3v) is 6.28. The number of carbonyl (C=O) groups excluding carboxylic acids is 3. The molecule has 1 N–H and O–H groups in total. The van der Waals surface area contributed by atoms with Crippen LogP contribution in [0.25, 0.3) is 0 Å². The van der Waals surface area contributed by atoms with Gasteiger partial charge in [-0.05, 0) is 25.8 Å². The van der Waals surface area contributed by atoms with Crippen molar-refractivity contribution < 1.29 is 24.0 Å². The minimum Gasteiger partial charge on any atom is -0.454 e. The van der Waals surface area contributed by atoms with Crippen LogP contribution in [0.15, 0.2) is 18.2 Å². The van der Waals surface area contributed by atoms with Gasteiger partial charge in [-0.1, -0.05) is 12.1 Å². The molecule has 0 saturated carbocycles. The minimum absolute atomic E-state index is 0.0715. The van der Waals surface area contributed by atoms with Crippen molar-refractivity contribution >= 4 is 40.9 Å². The number of ether oxygens (including phenoxy) is 1. The molecule has 0 bridgehead atoms. The van der Waals surface area contributed by atoms with Crippen LogP contribution in [0.2, 0.25) is 0 Å². The Morgan fingerprint density at radius 2 is 2.22 bits per heavy atom. The Morgan fingerprint density at radius 1 is 1.48 bits per heavy atom. The number of fused-ring (bicyclic) bond motifs is 1. The molecule has 0 aliphatic carbocycles. The molecule has 10 heteroatoms. The van der Waals surface area contributed by atoms with Gasteiger partial charge in [-0.3, -0.25) is 19.7 Å². The lowest BCUT2D eigenvalue weighted by molar-refractivity contribution is -0.384. The fraction of sp³-hybridized carbons (Fsp3) is 0.471. The molecule has 0 radical (unpaired) electrons. The van der Waals surface area contributed by atoms with Crippen molar-refractivity contribution in [2.75, 3.05) is 17.7 Å². The standard InChI is InChI=1S/C17H19N3O6S/c1-10-4-3-5-11(20(24)25)15(10)18-13(21)8-26-16(23)12-9-27-17(2)7-6-14(22)19(12)17/h3-5,12H,6-9H2,1-2H3,(H,18,21)/t12-,17+/m1/s1. The Hall–Kier alpha value is -2.62. The third-order valence-electron chi connectivity index (χ3n) is 4.77. The van der Waals surface area contributed by atoms with Crippen LogP contribution in [0.4, 0.5) is 11.4 Å². The molecule has 0 unspecified atom stereocenters. The Kier molecular flexibility index (Phi) is 5.09. The van der Waals surface area contributed by atoms with Crippen molar-refractivity contribution in [2.45, 2.75) is 37.6 Å². The molecule has 2 saturated heterocycles. The predicted octanol–water partition coefficient (Wildman–Crippen LogP) is 1.84. The van der Waals surface area contributed by atoms with Gasteiger partial charge in [0.05, 0.1) is 9.79 Å². The number of anilines is 1. The van der Waals surface area contributed by atoms with Gasteiger partial charge in [0, 0.05) is 18.2 Å². The number of benzene rings is 1. The Morgan fingerprint density at radius 3 is 2.93 bits per heavy atom. The molecule has 2 aliphatic rings. The first-order chi connectivity index (χ1) is 12.7. The van der Waals surface area contributed by atoms with Crippen LogP contribution < -0.4 is 5.32 Å². The van der Waals surface area contributed by atoms with Crippen molar-refractivity contribution in [3.63, 3.8) is 0 Å². The summed E-state index contributed by atoms with van der Waals surface area (Å²) in [7, 11) is 0. The van der Waals surface area contributed by atoms with Gasteiger partial charge in [0.2, 0.25) is 5.91 Å². The number of carbonyl (C=O) groups is 3. The topological polar surface area (TPSA) is 119 Å². The van der Waals surface area contributed by atoms with Crippen LogP contribution in [0.5, 0.6) is 0 Å². The number of para-hydroxylation sites is 1. The predicted molar refractivity (Wildman–Crippen MR) is 98.2 cm³/mol. The number of esters is 1. The number of nitro benzene ring substituents is 1. The van der Waals surface area contributed by atoms with E-state index in [0.717, 1.165) is 0 Å². The molecule has 2 amide bonds. The van der Waals surface area contributed by atoms with Crippen molar-refractivity contribution in [1.29, 1.82) is 0 Å². The molecule has 2 atom stereocenters. The fourth-order valence-electron chi connectivity index (χ4n) is 3.37. The van der Waals surface area contributed by atoms with E-state index in [1.165, 1.54) is 23.9 Å². The molecule has 0 spiro atoms. The van der Waals surface area contributed by atoms with E-state index in [9.17, 15) is 24.5 Å². The summed E-state index contributed by atoms with van der Waals surface area (Å²) in [5.74, 6) is -0.992. The van der Waals surface area contributed by atoms with Crippen LogP contribution in [-0.4, -0.2) is 50.9 Å². The highest BCUT2D eigenvalue weighted by atomic mass is 32.2. The average molecular weight is 393 g/mol. The molecule has 3 rings (SSSR count). The Balaban J connectivity index is 1.61. The summed E-state index contributed by atoms with van der Waals surface area (Å²) in [5.41, 5.74) is 0.358. The van der Waals surface area contributed by atoms with E-state index in [1.807, 2.05) is 6.92 Å². The van der Waals surface area contributed by atoms with Crippen LogP contribution >= 0.6 is 11.8 Å². The van der Waals surface area contributed by atoms with E-state index in [0.29, 0.717) is 24.2 Å². The molecule has 27 heavy (non-hydrogen) atoms. The number of rotatable bonds is 5. The molecule has 2 heterocycles. The van der Waals surface area contributed by atoms with Crippen molar-refractivity contribution in [3.05, 3.63) is 33.9 Å². The fourth-order valence-corrected chi connectivity index (χ4v) is 4.79. The molecule has 2 fully saturated rings. The van der Waals surface area contributed by atoms with E-state index in [1.54, 1.807) is 17.9 Å². The van der Waals surface area contributed by atoms with Crippen LogP contribution in [0.3, 0.4) is 0 Å². The van der Waals surface area contributed by atoms with Gasteiger partial charge in [-0.15, -0.1) is 11.8 Å². The highest BCUT2D eigenvalue weighted by molar-refractivity contribution is 8.01. The summed E-state index contributed by atoms with van der Waals surface area (Å²) < 4.78 is 5.07. The van der Waals surface area contributed by atoms with E-state index < -0.39 is 34.3 Å². The first-order valence-corrected chi connectivity index (χ1v) is 9.38. The lowest BCUT2D eigenvalue weighted by Crippen LogP contribution is -2.47. The second-order valence-corrected chi connectivity index (χ2v) is 8.15. The highest BCUT2D eigenvalue weighted by Gasteiger charge is 2.53. The van der Waals surface area contributed by atoms with Gasteiger partial charge >= 0.3 is 5.97 Å². The third kappa shape index (κ3) is 3.61. The number of hydrogen-bond acceptors (Lipinski definition) is 7. The van der Waals surface area contributed by atoms with Gasteiger partial charge in [-0.2, -0.15) is 0 Å². The van der Waals surface area contributed by atoms with E-state index in [2.05, 4.69) is 5.32 Å². The normalized spacial score (nSPS) is 23.9. The minimum atomic E-state index is -0.712. The summed E-state index contributed by atoms with van der Waals surface area (Å²) in [6, 6.07) is 3.72. The van der Waals surface area contributed by atoms with Crippen molar-refractivity contribution in [1.82, 2.24) is 4.90 Å². The summed E-state index contributed by atoms with van der Waals surface area (Å²) in [4.78, 5) is 48.2. The lowest BCUT2D eigenvalue weighted by Gasteiger charge is -2.29. The van der Waals surface area contributed by atoms with Gasteiger partial charge in [0.25, 0.3) is 11.6 Å². The van der Waals surface area contributed by atoms with E-state index >= 15 is 0 Å². The second-order valence-electron chi connectivity index (χ2n) is 6.65. The first kappa shape index (κ1) is 19.2. The van der Waals surface area contributed by atoms with Crippen molar-refractivity contribution in [3.8, 4) is 0 Å². The molecular weight excluding hydrogens is 374 g/mol. The number of nitrogens with zero attached hydrogens (tertiary/aromatic N) is 2. The quantitative estimate of drug-likeness (QED) is 0.460. The monoisotopic (exact) mass is 393 g/mol. The highest BCUT2D eigenvalue weighted by Crippen LogP contribution is 2.47. The summed E-state index contributed by atoms with van der Waals surface area (Å²) in [6.45, 7) is 2.97. The zero-order valence-electron chi connectivity index (χ0n) is 14.9. The molecule has 1 aromatic rings. The number of nitro groups is 1. The molecule has 1 aromatic carbocycles. The van der Waals surface area contributed by atoms with Gasteiger partial charge in [-0.25, -0.2) is 4.79 Å². The van der Waals surface area contributed by atoms with Gasteiger partial charge in [0.15, 0.2) is 6.61 Å². The van der Waals surface area contributed by atoms with E-state index in [-0.39, 0.29) is 17.3 Å². The summed E-state index contributed by atoms with van der Waals surface area (Å²) in [6.07, 6.45) is 1.07. The Bertz CT molecular complexity index is 829. The Labute approximate surface area is 159 Å². The maximum absolute atomic E-state index is 12.4. The van der Waals surface area contributed by atoms with Crippen LogP contribution in [-0.2, 0) is 19.1 Å². The number of amides is 2. The van der Waals surface area contributed by atoms with Crippen LogP contribution in [0.1, 0.15) is 25.3 Å². The molecule has 0 aromatic heterocycles. The largest absolute Gasteiger partial charge is 0.454 e. The smallest absolute Gasteiger partial charge is 0.330 e. The maximum atomic E-state index is 12.4. The van der Waals surface area contributed by atoms with Gasteiger partial charge < -0.3 is 15.0 Å². The zero-order valence-corrected chi connectivity index (χ0v) is 15.7. The molecular formula is C17H19N3O6S. The lowest BCUT2D eigenvalue weighted by atomic mass is 10.1. The number of hydrogen-bond donors (Lipinski definition) is 1. The summed E-state index contributed by atoms with van der Waals surface area (Å²) in [5, 5.41) is 13.5. The number of thioether (sulfide) groups is 1. The number of aryl methyl sites for hydroxylation is 1. The van der Waals surface area contributed by atoms with Crippen LogP contribution in [0, 0.1) is 17.0 Å². The molecule has 2 aliphatic heterocycles. The van der Waals surface area contributed by atoms with Crippen molar-refractivity contribution in [2.24, 2.45) is 0 Å². The summed E-state index contributed by atoms with van der Waals surface area (Å²) >= 11 is 1.53. The van der Waals surface area contributed by atoms with E-state index in [4.69, 9.17) is 4.74 Å². The first-order valence-electron chi connectivity index (χ1n) is 8.39. The second kappa shape index (κ2) is 7.18. The molecule has 144 valence electrons. The molecule has 9 nitrogen and oxygen atoms in total. The zero-order chi connectivity index (χ0) is 19.8.